The largest absolute Gasteiger partial charge is 0.369 e. The van der Waals surface area contributed by atoms with Gasteiger partial charge in [-0.2, -0.15) is 0 Å². The Morgan fingerprint density at radius 2 is 1.92 bits per heavy atom. The number of hydrogen-bond donors (Lipinski definition) is 0. The number of fused-ring (bicyclic) bond motifs is 6. The van der Waals surface area contributed by atoms with Crippen LogP contribution >= 0.6 is 0 Å². The average Bonchev–Trinajstić information content (AvgIpc) is 3.28. The summed E-state index contributed by atoms with van der Waals surface area (Å²) in [5, 5.41) is 0. The number of carbonyl (C=O) groups excluding carboxylic acids is 1. The molecule has 4 nitrogen and oxygen atoms in total. The third-order valence-corrected chi connectivity index (χ3v) is 12.5. The molecule has 202 valence electrons. The van der Waals surface area contributed by atoms with Gasteiger partial charge >= 0.3 is 0 Å². The van der Waals surface area contributed by atoms with Gasteiger partial charge in [0.1, 0.15) is 5.78 Å². The molecule has 4 aliphatic carbocycles. The lowest BCUT2D eigenvalue weighted by atomic mass is 9.52. The van der Waals surface area contributed by atoms with Gasteiger partial charge in [-0.05, 0) is 107 Å². The highest BCUT2D eigenvalue weighted by molar-refractivity contribution is 5.79. The molecule has 0 radical (unpaired) electrons. The quantitative estimate of drug-likeness (QED) is 0.452. The molecule has 6 aliphatic rings. The lowest BCUT2D eigenvalue weighted by Gasteiger charge is -2.52. The van der Waals surface area contributed by atoms with E-state index in [9.17, 15) is 4.79 Å². The van der Waals surface area contributed by atoms with Gasteiger partial charge < -0.3 is 9.64 Å². The second kappa shape index (κ2) is 9.19. The van der Waals surface area contributed by atoms with E-state index in [1.54, 1.807) is 5.57 Å². The van der Waals surface area contributed by atoms with E-state index in [1.807, 2.05) is 5.57 Å². The number of hydrogen-bond acceptors (Lipinski definition) is 4. The number of allylic oxidation sites excluding steroid dienone is 1. The molecule has 2 aliphatic heterocycles. The van der Waals surface area contributed by atoms with E-state index < -0.39 is 0 Å². The van der Waals surface area contributed by atoms with Gasteiger partial charge in [-0.25, -0.2) is 0 Å². The standard InChI is InChI=1S/C32H52N2O2/c1-20-15-29-30(34(19-20)14-13-33(5)6)22(3)32(36-29)12-10-25-26-8-7-23-16-24(35)9-11-31(23,4)28(26)17-27(25)21(2)18-32/h20,22-23,25-26,28-30H,7-19H2,1-6H3/t20-,22+,23+,25-,26?,28-,29+,30-,31-,32-/m0/s1. The number of Topliss-reactive ketones (excluding diaryl/α,β-unsaturated/α-hetero) is 1. The van der Waals surface area contributed by atoms with E-state index in [2.05, 4.69) is 51.6 Å². The fourth-order valence-corrected chi connectivity index (χ4v) is 10.6. The molecule has 6 rings (SSSR count). The number of rotatable bonds is 3. The number of carbonyl (C=O) groups is 1. The fraction of sp³-hybridized carbons (Fsp3) is 0.906. The Hall–Kier alpha value is -0.710. The van der Waals surface area contributed by atoms with Crippen molar-refractivity contribution < 1.29 is 9.53 Å². The number of ether oxygens (including phenoxy) is 1. The number of likely N-dealkylation sites (tertiary alicyclic amines) is 1. The van der Waals surface area contributed by atoms with Crippen LogP contribution in [0.2, 0.25) is 0 Å². The van der Waals surface area contributed by atoms with Crippen molar-refractivity contribution >= 4 is 5.78 Å². The minimum atomic E-state index is 0.0328. The molecule has 5 fully saturated rings. The van der Waals surface area contributed by atoms with E-state index in [0.29, 0.717) is 35.2 Å². The number of nitrogens with zero attached hydrogens (tertiary/aromatic N) is 2. The maximum Gasteiger partial charge on any atom is 0.133 e. The molecule has 0 aromatic heterocycles. The van der Waals surface area contributed by atoms with Gasteiger partial charge in [0.2, 0.25) is 0 Å². The Labute approximate surface area is 220 Å². The predicted octanol–water partition coefficient (Wildman–Crippen LogP) is 5.95. The first kappa shape index (κ1) is 25.6. The van der Waals surface area contributed by atoms with Gasteiger partial charge in [0.05, 0.1) is 11.7 Å². The topological polar surface area (TPSA) is 32.8 Å². The fourth-order valence-electron chi connectivity index (χ4n) is 10.6. The SMILES string of the molecule is CC1=C2C[C@H]3C(CC[C@@H]4CC(=O)CC[C@@]43C)[C@@H]2CC[C@@]2(C1)O[C@@H]1C[C@H](C)CN(CCN(C)C)[C@H]1[C@H]2C. The monoisotopic (exact) mass is 496 g/mol. The van der Waals surface area contributed by atoms with E-state index in [4.69, 9.17) is 4.74 Å². The average molecular weight is 497 g/mol. The van der Waals surface area contributed by atoms with Crippen molar-refractivity contribution in [2.24, 2.45) is 40.9 Å². The van der Waals surface area contributed by atoms with Crippen LogP contribution in [-0.4, -0.2) is 67.1 Å². The van der Waals surface area contributed by atoms with Crippen LogP contribution in [0.1, 0.15) is 91.9 Å². The van der Waals surface area contributed by atoms with Crippen molar-refractivity contribution in [2.45, 2.75) is 110 Å². The summed E-state index contributed by atoms with van der Waals surface area (Å²) >= 11 is 0. The van der Waals surface area contributed by atoms with E-state index >= 15 is 0 Å². The summed E-state index contributed by atoms with van der Waals surface area (Å²) in [6, 6.07) is 0.582. The van der Waals surface area contributed by atoms with Crippen molar-refractivity contribution in [3.63, 3.8) is 0 Å². The Balaban J connectivity index is 1.25. The lowest BCUT2D eigenvalue weighted by molar-refractivity contribution is -0.129. The first-order valence-electron chi connectivity index (χ1n) is 15.4. The summed E-state index contributed by atoms with van der Waals surface area (Å²) < 4.78 is 7.26. The molecule has 2 heterocycles. The van der Waals surface area contributed by atoms with Crippen molar-refractivity contribution in [3.05, 3.63) is 11.1 Å². The maximum atomic E-state index is 12.3. The third kappa shape index (κ3) is 3.99. The lowest BCUT2D eigenvalue weighted by Crippen LogP contribution is -2.53. The molecule has 10 atom stereocenters. The van der Waals surface area contributed by atoms with Crippen LogP contribution < -0.4 is 0 Å². The summed E-state index contributed by atoms with van der Waals surface area (Å²) in [6.07, 6.45) is 12.1. The minimum absolute atomic E-state index is 0.0328. The highest BCUT2D eigenvalue weighted by Gasteiger charge is 2.60. The van der Waals surface area contributed by atoms with Crippen LogP contribution in [-0.2, 0) is 9.53 Å². The van der Waals surface area contributed by atoms with E-state index in [1.165, 1.54) is 45.1 Å². The number of likely N-dealkylation sites (N-methyl/N-ethyl adjacent to an activating group) is 1. The summed E-state index contributed by atoms with van der Waals surface area (Å²) in [6.45, 7) is 13.5. The zero-order valence-electron chi connectivity index (χ0n) is 24.0. The van der Waals surface area contributed by atoms with Crippen LogP contribution in [0.15, 0.2) is 11.1 Å². The van der Waals surface area contributed by atoms with Crippen LogP contribution in [0.4, 0.5) is 0 Å². The Morgan fingerprint density at radius 1 is 1.11 bits per heavy atom. The van der Waals surface area contributed by atoms with E-state index in [0.717, 1.165) is 62.4 Å². The molecule has 0 aromatic rings. The summed E-state index contributed by atoms with van der Waals surface area (Å²) in [4.78, 5) is 17.4. The van der Waals surface area contributed by atoms with Crippen LogP contribution in [0, 0.1) is 40.9 Å². The van der Waals surface area contributed by atoms with Crippen LogP contribution in [0.3, 0.4) is 0 Å². The Bertz CT molecular complexity index is 912. The van der Waals surface area contributed by atoms with Gasteiger partial charge in [0, 0.05) is 44.4 Å². The highest BCUT2D eigenvalue weighted by atomic mass is 16.5. The normalized spacial score (nSPS) is 49.1. The highest BCUT2D eigenvalue weighted by Crippen LogP contribution is 2.65. The number of piperidine rings is 1. The third-order valence-electron chi connectivity index (χ3n) is 12.5. The van der Waals surface area contributed by atoms with Gasteiger partial charge in [-0.1, -0.05) is 31.9 Å². The summed E-state index contributed by atoms with van der Waals surface area (Å²) in [7, 11) is 4.40. The molecular weight excluding hydrogens is 444 g/mol. The van der Waals surface area contributed by atoms with Crippen molar-refractivity contribution in [1.29, 1.82) is 0 Å². The molecule has 36 heavy (non-hydrogen) atoms. The van der Waals surface area contributed by atoms with Crippen molar-refractivity contribution in [2.75, 3.05) is 33.7 Å². The van der Waals surface area contributed by atoms with Crippen LogP contribution in [0.25, 0.3) is 0 Å². The summed E-state index contributed by atoms with van der Waals surface area (Å²) in [5.41, 5.74) is 3.93. The molecule has 0 aromatic carbocycles. The first-order chi connectivity index (χ1) is 17.1. The molecule has 0 amide bonds. The van der Waals surface area contributed by atoms with Crippen molar-refractivity contribution in [3.8, 4) is 0 Å². The molecule has 1 spiro atoms. The molecule has 0 bridgehead atoms. The van der Waals surface area contributed by atoms with Crippen LogP contribution in [0.5, 0.6) is 0 Å². The maximum absolute atomic E-state index is 12.3. The molecule has 4 heteroatoms. The zero-order chi connectivity index (χ0) is 25.4. The summed E-state index contributed by atoms with van der Waals surface area (Å²) in [5.74, 6) is 4.91. The van der Waals surface area contributed by atoms with Gasteiger partial charge in [-0.3, -0.25) is 9.69 Å². The first-order valence-corrected chi connectivity index (χ1v) is 15.4. The second-order valence-corrected chi connectivity index (χ2v) is 14.8. The molecule has 3 saturated carbocycles. The van der Waals surface area contributed by atoms with Crippen molar-refractivity contribution in [1.82, 2.24) is 9.80 Å². The molecule has 1 unspecified atom stereocenters. The Kier molecular flexibility index (Phi) is 6.53. The molecule has 2 saturated heterocycles. The van der Waals surface area contributed by atoms with Gasteiger partial charge in [0.15, 0.2) is 0 Å². The van der Waals surface area contributed by atoms with E-state index in [-0.39, 0.29) is 5.60 Å². The van der Waals surface area contributed by atoms with Gasteiger partial charge in [-0.15, -0.1) is 0 Å². The predicted molar refractivity (Wildman–Crippen MR) is 146 cm³/mol. The zero-order valence-corrected chi connectivity index (χ0v) is 24.0. The van der Waals surface area contributed by atoms with Gasteiger partial charge in [0.25, 0.3) is 0 Å². The second-order valence-electron chi connectivity index (χ2n) is 14.8. The Morgan fingerprint density at radius 3 is 2.69 bits per heavy atom. The smallest absolute Gasteiger partial charge is 0.133 e. The number of ketones is 1. The molecule has 0 N–H and O–H groups in total. The minimum Gasteiger partial charge on any atom is -0.369 e. The molecular formula is C32H52N2O2.